The van der Waals surface area contributed by atoms with Crippen LogP contribution >= 0.6 is 0 Å². The van der Waals surface area contributed by atoms with E-state index in [0.29, 0.717) is 52.9 Å². The molecule has 20 atom stereocenters. The van der Waals surface area contributed by atoms with Gasteiger partial charge in [-0.15, -0.1) is 0 Å². The highest BCUT2D eigenvalue weighted by Crippen LogP contribution is 2.40. The van der Waals surface area contributed by atoms with E-state index >= 15 is 0 Å². The highest BCUT2D eigenvalue weighted by molar-refractivity contribution is 5.66. The van der Waals surface area contributed by atoms with Crippen LogP contribution in [-0.2, 0) is 138 Å². The topological polar surface area (TPSA) is 243 Å². The lowest BCUT2D eigenvalue weighted by molar-refractivity contribution is -0.301. The van der Waals surface area contributed by atoms with Gasteiger partial charge in [0.2, 0.25) is 6.29 Å². The lowest BCUT2D eigenvalue weighted by Crippen LogP contribution is -2.59. The van der Waals surface area contributed by atoms with Gasteiger partial charge in [0.05, 0.1) is 83.4 Å². The average Bonchev–Trinajstić information content (AvgIpc) is 1.65. The lowest BCUT2D eigenvalue weighted by atomic mass is 9.96. The van der Waals surface area contributed by atoms with Crippen LogP contribution in [0.4, 0.5) is 0 Å². The van der Waals surface area contributed by atoms with E-state index in [1.165, 1.54) is 13.8 Å². The van der Waals surface area contributed by atoms with Crippen LogP contribution in [0.2, 0.25) is 0 Å². The number of fused-ring (bicyclic) bond motifs is 1. The van der Waals surface area contributed by atoms with Crippen LogP contribution in [0.1, 0.15) is 107 Å². The third kappa shape index (κ3) is 25.5. The van der Waals surface area contributed by atoms with E-state index < -0.39 is 97.6 Å². The fraction of sp³-hybridized carbons (Fsp3) is 0.432. The van der Waals surface area contributed by atoms with Gasteiger partial charge in [0.15, 0.2) is 24.5 Å². The van der Waals surface area contributed by atoms with Gasteiger partial charge in [-0.3, -0.25) is 9.59 Å². The molecule has 0 bridgehead atoms. The van der Waals surface area contributed by atoms with Crippen molar-refractivity contribution in [3.05, 3.63) is 287 Å². The Morgan fingerprint density at radius 1 is 0.303 bits per heavy atom. The summed E-state index contributed by atoms with van der Waals surface area (Å²) in [6, 6.07) is 79.0. The molecule has 0 aromatic heterocycles. The maximum Gasteiger partial charge on any atom is 0.305 e. The minimum Gasteiger partial charge on any atom is -0.454 e. The Labute approximate surface area is 640 Å². The van der Waals surface area contributed by atoms with E-state index in [9.17, 15) is 24.9 Å². The van der Waals surface area contributed by atoms with Crippen molar-refractivity contribution >= 4 is 11.9 Å². The van der Waals surface area contributed by atoms with Crippen molar-refractivity contribution < 1.29 is 101 Å². The SMILES string of the molecule is CC(=O)OC1[C@H](O)OC(C)[C@H](OCc2ccccc2)[C@@H]1OCc1ccccc1.CC(=O)O[C@H]1OC(C)[C@H](OCc2ccccc2)[C@H](OCc2ccccc2)C1O.CC1O[C@@H](C)C(O)[C@@H](OCc2ccccc2)[C@H]1OCc1ccccc1.CC1O[C@@H]2OC(C)(C)OC2[C@@H](OCc2ccccc2)[C@H]1OCc1ccccc1. The molecule has 0 amide bonds. The molecule has 5 aliphatic rings. The van der Waals surface area contributed by atoms with Gasteiger partial charge >= 0.3 is 11.9 Å². The van der Waals surface area contributed by atoms with Crippen molar-refractivity contribution in [2.75, 3.05) is 0 Å². The molecular weight excluding hydrogens is 1390 g/mol. The van der Waals surface area contributed by atoms with Crippen molar-refractivity contribution in [3.63, 3.8) is 0 Å². The van der Waals surface area contributed by atoms with Crippen molar-refractivity contribution in [1.29, 1.82) is 0 Å². The number of ether oxygens (including phenoxy) is 16. The number of rotatable bonds is 26. The van der Waals surface area contributed by atoms with Crippen LogP contribution in [0.5, 0.6) is 0 Å². The molecule has 5 aliphatic heterocycles. The first-order chi connectivity index (χ1) is 52.7. The first-order valence-electron chi connectivity index (χ1n) is 37.4. The Balaban J connectivity index is 0.000000155. The van der Waals surface area contributed by atoms with Crippen LogP contribution in [0.15, 0.2) is 243 Å². The second kappa shape index (κ2) is 42.4. The maximum atomic E-state index is 11.6. The van der Waals surface area contributed by atoms with Crippen LogP contribution in [0, 0.1) is 0 Å². The first-order valence-corrected chi connectivity index (χ1v) is 37.4. The third-order valence-corrected chi connectivity index (χ3v) is 18.9. The second-order valence-electron chi connectivity index (χ2n) is 28.1. The number of carbonyl (C=O) groups is 2. The molecule has 0 spiro atoms. The van der Waals surface area contributed by atoms with Gasteiger partial charge in [-0.1, -0.05) is 243 Å². The molecule has 109 heavy (non-hydrogen) atoms. The fourth-order valence-electron chi connectivity index (χ4n) is 13.4. The quantitative estimate of drug-likeness (QED) is 0.0427. The molecule has 0 aliphatic carbocycles. The molecule has 3 N–H and O–H groups in total. The number of hydrogen-bond acceptors (Lipinski definition) is 21. The Bertz CT molecular complexity index is 3860. The van der Waals surface area contributed by atoms with Gasteiger partial charge in [0, 0.05) is 13.8 Å². The first kappa shape index (κ1) is 83.5. The molecule has 0 radical (unpaired) electrons. The number of esters is 2. The zero-order valence-electron chi connectivity index (χ0n) is 63.5. The molecule has 5 fully saturated rings. The number of hydrogen-bond donors (Lipinski definition) is 3. The lowest BCUT2D eigenvalue weighted by Gasteiger charge is -2.43. The fourth-order valence-corrected chi connectivity index (χ4v) is 13.4. The summed E-state index contributed by atoms with van der Waals surface area (Å²) in [4.78, 5) is 22.9. The number of benzene rings is 8. The summed E-state index contributed by atoms with van der Waals surface area (Å²) >= 11 is 0. The van der Waals surface area contributed by atoms with Crippen molar-refractivity contribution in [2.24, 2.45) is 0 Å². The Morgan fingerprint density at radius 3 is 0.908 bits per heavy atom. The van der Waals surface area contributed by atoms with E-state index in [4.69, 9.17) is 75.8 Å². The molecule has 13 rings (SSSR count). The normalized spacial score (nSPS) is 28.9. The van der Waals surface area contributed by atoms with E-state index in [1.54, 1.807) is 0 Å². The summed E-state index contributed by atoms with van der Waals surface area (Å²) in [5, 5.41) is 31.6. The van der Waals surface area contributed by atoms with Gasteiger partial charge in [-0.2, -0.15) is 0 Å². The molecule has 584 valence electrons. The van der Waals surface area contributed by atoms with E-state index in [2.05, 4.69) is 24.3 Å². The van der Waals surface area contributed by atoms with Gasteiger partial charge in [0.1, 0.15) is 67.1 Å². The van der Waals surface area contributed by atoms with Gasteiger partial charge in [-0.05, 0) is 93.0 Å². The average molecular weight is 1500 g/mol. The summed E-state index contributed by atoms with van der Waals surface area (Å²) in [6.07, 6.45) is -11.2. The molecule has 21 nitrogen and oxygen atoms in total. The number of aliphatic hydroxyl groups excluding tert-OH is 3. The van der Waals surface area contributed by atoms with Crippen molar-refractivity contribution in [3.8, 4) is 0 Å². The number of carbonyl (C=O) groups excluding carboxylic acids is 2. The van der Waals surface area contributed by atoms with E-state index in [-0.39, 0.29) is 42.7 Å². The second-order valence-corrected chi connectivity index (χ2v) is 28.1. The Morgan fingerprint density at radius 2 is 0.569 bits per heavy atom. The predicted molar refractivity (Wildman–Crippen MR) is 405 cm³/mol. The summed E-state index contributed by atoms with van der Waals surface area (Å²) in [6.45, 7) is 19.0. The Hall–Kier alpha value is -7.98. The summed E-state index contributed by atoms with van der Waals surface area (Å²) in [5.41, 5.74) is 8.34. The van der Waals surface area contributed by atoms with E-state index in [1.807, 2.05) is 267 Å². The third-order valence-electron chi connectivity index (χ3n) is 18.9. The molecule has 0 saturated carbocycles. The molecule has 5 heterocycles. The predicted octanol–water partition coefficient (Wildman–Crippen LogP) is 13.0. The monoisotopic (exact) mass is 1500 g/mol. The zero-order valence-corrected chi connectivity index (χ0v) is 63.5. The van der Waals surface area contributed by atoms with Gasteiger partial charge in [0.25, 0.3) is 0 Å². The molecule has 8 unspecified atom stereocenters. The molecule has 8 aromatic rings. The largest absolute Gasteiger partial charge is 0.454 e. The summed E-state index contributed by atoms with van der Waals surface area (Å²) in [7, 11) is 0. The van der Waals surface area contributed by atoms with Gasteiger partial charge in [-0.25, -0.2) is 0 Å². The summed E-state index contributed by atoms with van der Waals surface area (Å²) in [5.74, 6) is -1.75. The minimum atomic E-state index is -1.28. The van der Waals surface area contributed by atoms with Crippen molar-refractivity contribution in [1.82, 2.24) is 0 Å². The van der Waals surface area contributed by atoms with E-state index in [0.717, 1.165) is 44.5 Å². The highest BCUT2D eigenvalue weighted by atomic mass is 16.8. The minimum absolute atomic E-state index is 0.150. The maximum absolute atomic E-state index is 11.6. The van der Waals surface area contributed by atoms with Crippen LogP contribution < -0.4 is 0 Å². The van der Waals surface area contributed by atoms with Crippen LogP contribution in [0.25, 0.3) is 0 Å². The molecule has 8 aromatic carbocycles. The van der Waals surface area contributed by atoms with Crippen molar-refractivity contribution in [2.45, 2.75) is 244 Å². The molecular formula is C88H106O21. The smallest absolute Gasteiger partial charge is 0.305 e. The molecule has 5 saturated heterocycles. The zero-order chi connectivity index (χ0) is 77.1. The molecule has 21 heteroatoms. The standard InChI is InChI=1S/C23H28O5.2C22H26O6.C21H26O4/c1-16-19(24-14-17-10-6-4-7-11-17)20(25-15-18-12-8-5-9-13-18)21-22(26-16)28-23(2,3)27-21;1-15-20(25-13-17-9-5-3-6-10-17)21(19(24)22(27-15)28-16(2)23)26-14-18-11-7-4-8-12-18;1-15-19(25-13-17-9-5-3-6-10-17)20(21(22(24)27-15)28-16(2)23)26-14-18-11-7-4-8-12-18;1-15-19(22)21(24-14-18-11-7-4-8-12-18)20(16(2)25-15)23-13-17-9-5-3-6-10-17/h4-13,16,19-22H,14-15H2,1-3H3;2*3-12,15,19-22,24H,13-14H2,1-2H3;3-12,15-16,19-22H,13-14H2,1-2H3/t16?,19-,20-,21?,22+;15?,19?,20-,21+,22+;15?,19-,20-,21?,22+;15-,16?,19?,20-,21+/m0000/s1. The van der Waals surface area contributed by atoms with Crippen LogP contribution in [-0.4, -0.2) is 156 Å². The Kier molecular flexibility index (Phi) is 32.5. The van der Waals surface area contributed by atoms with Gasteiger partial charge < -0.3 is 91.1 Å². The summed E-state index contributed by atoms with van der Waals surface area (Å²) < 4.78 is 94.7. The number of aliphatic hydroxyl groups is 3. The highest BCUT2D eigenvalue weighted by Gasteiger charge is 2.55. The van der Waals surface area contributed by atoms with Crippen LogP contribution in [0.3, 0.4) is 0 Å².